The standard InChI is InChI=1S/C62H41NO/c1-3-15-42(16-4-1)48-22-11-23-49(41-48)53-25-10-9-24-52(53)45-31-36-50(37-32-45)63(59-30-14-29-57-58-40-35-44-19-7-8-26-56(44)61(58)64-62(57)59)51-38-33-46(34-39-51)55-28-13-21-47-20-12-27-54(60(47)55)43-17-5-2-6-18-43/h1-41H. The van der Waals surface area contributed by atoms with E-state index in [4.69, 9.17) is 4.42 Å². The van der Waals surface area contributed by atoms with Crippen LogP contribution in [-0.4, -0.2) is 0 Å². The summed E-state index contributed by atoms with van der Waals surface area (Å²) in [5, 5.41) is 6.95. The van der Waals surface area contributed by atoms with Gasteiger partial charge in [0.25, 0.3) is 0 Å². The Kier molecular flexibility index (Phi) is 9.20. The summed E-state index contributed by atoms with van der Waals surface area (Å²) in [7, 11) is 0. The number of nitrogens with zero attached hydrogens (tertiary/aromatic N) is 1. The van der Waals surface area contributed by atoms with E-state index in [1.807, 2.05) is 0 Å². The highest BCUT2D eigenvalue weighted by atomic mass is 16.3. The van der Waals surface area contributed by atoms with E-state index in [1.54, 1.807) is 0 Å². The number of hydrogen-bond donors (Lipinski definition) is 0. The largest absolute Gasteiger partial charge is 0.453 e. The number of benzene rings is 11. The van der Waals surface area contributed by atoms with Crippen LogP contribution in [0.2, 0.25) is 0 Å². The van der Waals surface area contributed by atoms with E-state index in [9.17, 15) is 0 Å². The van der Waals surface area contributed by atoms with Gasteiger partial charge in [0.15, 0.2) is 5.58 Å². The van der Waals surface area contributed by atoms with Crippen LogP contribution in [0.5, 0.6) is 0 Å². The van der Waals surface area contributed by atoms with Gasteiger partial charge in [0.1, 0.15) is 5.58 Å². The van der Waals surface area contributed by atoms with Crippen LogP contribution in [0.1, 0.15) is 0 Å². The van der Waals surface area contributed by atoms with Crippen LogP contribution in [0.25, 0.3) is 99.1 Å². The summed E-state index contributed by atoms with van der Waals surface area (Å²) in [6.45, 7) is 0. The number of fused-ring (bicyclic) bond motifs is 6. The molecule has 2 heteroatoms. The van der Waals surface area contributed by atoms with Crippen molar-refractivity contribution < 1.29 is 4.42 Å². The van der Waals surface area contributed by atoms with Gasteiger partial charge in [-0.25, -0.2) is 0 Å². The molecule has 300 valence electrons. The molecule has 64 heavy (non-hydrogen) atoms. The zero-order valence-electron chi connectivity index (χ0n) is 35.0. The second-order valence-corrected chi connectivity index (χ2v) is 16.4. The summed E-state index contributed by atoms with van der Waals surface area (Å²) in [5.41, 5.74) is 16.8. The first-order chi connectivity index (χ1) is 31.7. The van der Waals surface area contributed by atoms with Gasteiger partial charge < -0.3 is 9.32 Å². The fourth-order valence-electron chi connectivity index (χ4n) is 9.62. The molecule has 0 N–H and O–H groups in total. The number of para-hydroxylation sites is 1. The minimum atomic E-state index is 0.854. The quantitative estimate of drug-likeness (QED) is 0.152. The van der Waals surface area contributed by atoms with Gasteiger partial charge in [0.05, 0.1) is 5.69 Å². The van der Waals surface area contributed by atoms with Crippen LogP contribution in [0, 0.1) is 0 Å². The lowest BCUT2D eigenvalue weighted by Gasteiger charge is -2.26. The van der Waals surface area contributed by atoms with Crippen molar-refractivity contribution in [2.45, 2.75) is 0 Å². The number of hydrogen-bond acceptors (Lipinski definition) is 2. The Morgan fingerprint density at radius 3 is 1.44 bits per heavy atom. The topological polar surface area (TPSA) is 16.4 Å². The molecule has 2 nitrogen and oxygen atoms in total. The second kappa shape index (κ2) is 15.8. The van der Waals surface area contributed by atoms with Crippen LogP contribution in [0.3, 0.4) is 0 Å². The molecule has 11 aromatic carbocycles. The van der Waals surface area contributed by atoms with Crippen molar-refractivity contribution in [3.63, 3.8) is 0 Å². The lowest BCUT2D eigenvalue weighted by atomic mass is 9.91. The van der Waals surface area contributed by atoms with Gasteiger partial charge in [-0.1, -0.05) is 206 Å². The first-order valence-corrected chi connectivity index (χ1v) is 21.9. The Labute approximate surface area is 372 Å². The maximum Gasteiger partial charge on any atom is 0.159 e. The van der Waals surface area contributed by atoms with E-state index in [0.717, 1.165) is 60.9 Å². The summed E-state index contributed by atoms with van der Waals surface area (Å²) in [4.78, 5) is 2.34. The van der Waals surface area contributed by atoms with Gasteiger partial charge in [0, 0.05) is 27.5 Å². The minimum absolute atomic E-state index is 0.854. The third-order valence-electron chi connectivity index (χ3n) is 12.7. The molecule has 0 fully saturated rings. The number of anilines is 3. The second-order valence-electron chi connectivity index (χ2n) is 16.4. The van der Waals surface area contributed by atoms with Gasteiger partial charge in [-0.2, -0.15) is 0 Å². The van der Waals surface area contributed by atoms with Crippen LogP contribution < -0.4 is 4.90 Å². The summed E-state index contributed by atoms with van der Waals surface area (Å²) in [6, 6.07) is 89.5. The predicted molar refractivity (Wildman–Crippen MR) is 271 cm³/mol. The summed E-state index contributed by atoms with van der Waals surface area (Å²) < 4.78 is 6.97. The molecule has 12 aromatic rings. The molecule has 1 aromatic heterocycles. The van der Waals surface area contributed by atoms with Gasteiger partial charge >= 0.3 is 0 Å². The van der Waals surface area contributed by atoms with Crippen molar-refractivity contribution in [3.05, 3.63) is 249 Å². The molecule has 0 saturated heterocycles. The molecule has 0 bridgehead atoms. The third-order valence-corrected chi connectivity index (χ3v) is 12.7. The molecular formula is C62H41NO. The monoisotopic (exact) mass is 815 g/mol. The number of furan rings is 1. The summed E-state index contributed by atoms with van der Waals surface area (Å²) >= 11 is 0. The van der Waals surface area contributed by atoms with Crippen molar-refractivity contribution >= 4 is 60.5 Å². The van der Waals surface area contributed by atoms with Crippen LogP contribution in [0.4, 0.5) is 17.1 Å². The molecule has 0 aliphatic heterocycles. The smallest absolute Gasteiger partial charge is 0.159 e. The van der Waals surface area contributed by atoms with E-state index in [-0.39, 0.29) is 0 Å². The van der Waals surface area contributed by atoms with E-state index in [1.165, 1.54) is 55.3 Å². The lowest BCUT2D eigenvalue weighted by molar-refractivity contribution is 0.673. The molecule has 0 aliphatic carbocycles. The van der Waals surface area contributed by atoms with Gasteiger partial charge in [-0.15, -0.1) is 0 Å². The van der Waals surface area contributed by atoms with E-state index < -0.39 is 0 Å². The zero-order valence-corrected chi connectivity index (χ0v) is 35.0. The summed E-state index contributed by atoms with van der Waals surface area (Å²) in [5.74, 6) is 0. The SMILES string of the molecule is c1ccc(-c2cccc(-c3ccccc3-c3ccc(N(c4ccc(-c5cccc6cccc(-c7ccccc7)c56)cc4)c4cccc5c4oc4c6ccccc6ccc54)cc3)c2)cc1. The van der Waals surface area contributed by atoms with Crippen molar-refractivity contribution in [2.75, 3.05) is 4.90 Å². The van der Waals surface area contributed by atoms with Crippen molar-refractivity contribution in [1.82, 2.24) is 0 Å². The van der Waals surface area contributed by atoms with Crippen LogP contribution >= 0.6 is 0 Å². The Balaban J connectivity index is 0.993. The predicted octanol–water partition coefficient (Wildman–Crippen LogP) is 17.7. The maximum absolute atomic E-state index is 6.97. The molecule has 0 radical (unpaired) electrons. The zero-order chi connectivity index (χ0) is 42.4. The summed E-state index contributed by atoms with van der Waals surface area (Å²) in [6.07, 6.45) is 0. The molecular weight excluding hydrogens is 775 g/mol. The Morgan fingerprint density at radius 1 is 0.266 bits per heavy atom. The molecule has 0 unspecified atom stereocenters. The van der Waals surface area contributed by atoms with Gasteiger partial charge in [-0.05, 0) is 114 Å². The van der Waals surface area contributed by atoms with Crippen molar-refractivity contribution in [2.24, 2.45) is 0 Å². The van der Waals surface area contributed by atoms with Gasteiger partial charge in [-0.3, -0.25) is 0 Å². The molecule has 0 atom stereocenters. The van der Waals surface area contributed by atoms with Crippen molar-refractivity contribution in [3.8, 4) is 55.6 Å². The highest BCUT2D eigenvalue weighted by Crippen LogP contribution is 2.45. The first kappa shape index (κ1) is 37.3. The highest BCUT2D eigenvalue weighted by molar-refractivity contribution is 6.17. The maximum atomic E-state index is 6.97. The van der Waals surface area contributed by atoms with Gasteiger partial charge in [0.2, 0.25) is 0 Å². The highest BCUT2D eigenvalue weighted by Gasteiger charge is 2.21. The average molecular weight is 816 g/mol. The molecule has 0 spiro atoms. The normalized spacial score (nSPS) is 11.4. The molecule has 1 heterocycles. The fourth-order valence-corrected chi connectivity index (χ4v) is 9.62. The van der Waals surface area contributed by atoms with E-state index >= 15 is 0 Å². The Bertz CT molecular complexity index is 3640. The fraction of sp³-hybridized carbons (Fsp3) is 0. The average Bonchev–Trinajstić information content (AvgIpc) is 3.77. The molecule has 12 rings (SSSR count). The minimum Gasteiger partial charge on any atom is -0.453 e. The number of rotatable bonds is 8. The Morgan fingerprint density at radius 2 is 0.734 bits per heavy atom. The molecule has 0 amide bonds. The van der Waals surface area contributed by atoms with Crippen molar-refractivity contribution in [1.29, 1.82) is 0 Å². The van der Waals surface area contributed by atoms with E-state index in [0.29, 0.717) is 0 Å². The third kappa shape index (κ3) is 6.52. The van der Waals surface area contributed by atoms with Crippen LogP contribution in [0.15, 0.2) is 253 Å². The molecule has 0 aliphatic rings. The van der Waals surface area contributed by atoms with Crippen LogP contribution in [-0.2, 0) is 0 Å². The first-order valence-electron chi connectivity index (χ1n) is 21.9. The lowest BCUT2D eigenvalue weighted by Crippen LogP contribution is -2.10. The molecule has 0 saturated carbocycles. The van der Waals surface area contributed by atoms with E-state index in [2.05, 4.69) is 254 Å². The Hall–Kier alpha value is -8.46.